The molecule has 0 unspecified atom stereocenters. The summed E-state index contributed by atoms with van der Waals surface area (Å²) < 4.78 is 0. The molecule has 8 heteroatoms. The Morgan fingerprint density at radius 2 is 1.78 bits per heavy atom. The van der Waals surface area contributed by atoms with Gasteiger partial charge in [0.05, 0.1) is 11.4 Å². The lowest BCUT2D eigenvalue weighted by Crippen LogP contribution is -2.04. The van der Waals surface area contributed by atoms with Crippen molar-refractivity contribution >= 4 is 50.7 Å². The predicted octanol–water partition coefficient (Wildman–Crippen LogP) is 5.32. The van der Waals surface area contributed by atoms with Gasteiger partial charge in [-0.1, -0.05) is 18.2 Å². The number of para-hydroxylation sites is 1. The smallest absolute Gasteiger partial charge is 0.221 e. The fourth-order valence-corrected chi connectivity index (χ4v) is 3.15. The van der Waals surface area contributed by atoms with E-state index in [0.717, 1.165) is 5.69 Å². The van der Waals surface area contributed by atoms with Gasteiger partial charge in [0, 0.05) is 18.3 Å². The number of anilines is 4. The number of nitriles is 1. The standard InChI is InChI=1S/C19H16N6OS/c1-12(26)22-14-7-9-15(10-8-14)24-25-18-17(21)16(11-20)27-19(18)23-13-5-3-2-4-6-13/h2-10,23H,21H2,1H3,(H,22,26). The van der Waals surface area contributed by atoms with Gasteiger partial charge in [-0.05, 0) is 36.4 Å². The zero-order chi connectivity index (χ0) is 19.2. The molecule has 0 aliphatic rings. The zero-order valence-corrected chi connectivity index (χ0v) is 15.2. The number of nitrogens with two attached hydrogens (primary N) is 1. The van der Waals surface area contributed by atoms with Crippen molar-refractivity contribution in [2.24, 2.45) is 10.2 Å². The highest BCUT2D eigenvalue weighted by molar-refractivity contribution is 7.18. The average Bonchev–Trinajstić information content (AvgIpc) is 2.96. The molecule has 27 heavy (non-hydrogen) atoms. The molecule has 1 heterocycles. The minimum atomic E-state index is -0.143. The van der Waals surface area contributed by atoms with Crippen LogP contribution in [0.15, 0.2) is 64.8 Å². The summed E-state index contributed by atoms with van der Waals surface area (Å²) >= 11 is 1.23. The maximum atomic E-state index is 11.1. The molecule has 1 aromatic heterocycles. The maximum absolute atomic E-state index is 11.1. The third-order valence-corrected chi connectivity index (χ3v) is 4.52. The van der Waals surface area contributed by atoms with Crippen molar-refractivity contribution < 1.29 is 4.79 Å². The molecule has 0 atom stereocenters. The topological polar surface area (TPSA) is 116 Å². The molecule has 7 nitrogen and oxygen atoms in total. The molecular formula is C19H16N6OS. The fourth-order valence-electron chi connectivity index (χ4n) is 2.28. The lowest BCUT2D eigenvalue weighted by Gasteiger charge is -2.04. The Balaban J connectivity index is 1.87. The molecule has 0 saturated carbocycles. The molecule has 3 aromatic rings. The number of carbonyl (C=O) groups excluding carboxylic acids is 1. The average molecular weight is 376 g/mol. The summed E-state index contributed by atoms with van der Waals surface area (Å²) in [6, 6.07) is 18.5. The van der Waals surface area contributed by atoms with Gasteiger partial charge in [0.2, 0.25) is 5.91 Å². The van der Waals surface area contributed by atoms with Crippen molar-refractivity contribution in [3.05, 3.63) is 59.5 Å². The molecular weight excluding hydrogens is 360 g/mol. The van der Waals surface area contributed by atoms with E-state index in [9.17, 15) is 10.1 Å². The molecule has 0 saturated heterocycles. The van der Waals surface area contributed by atoms with Crippen LogP contribution in [0.3, 0.4) is 0 Å². The van der Waals surface area contributed by atoms with Gasteiger partial charge < -0.3 is 16.4 Å². The molecule has 0 aliphatic carbocycles. The summed E-state index contributed by atoms with van der Waals surface area (Å²) in [4.78, 5) is 11.4. The molecule has 0 bridgehead atoms. The van der Waals surface area contributed by atoms with Crippen LogP contribution in [0.4, 0.5) is 33.4 Å². The lowest BCUT2D eigenvalue weighted by atomic mass is 10.3. The second kappa shape index (κ2) is 8.12. The van der Waals surface area contributed by atoms with Gasteiger partial charge in [-0.3, -0.25) is 4.79 Å². The van der Waals surface area contributed by atoms with Crippen LogP contribution in [0.5, 0.6) is 0 Å². The molecule has 0 aliphatic heterocycles. The molecule has 134 valence electrons. The van der Waals surface area contributed by atoms with Crippen LogP contribution >= 0.6 is 11.3 Å². The quantitative estimate of drug-likeness (QED) is 0.523. The number of carbonyl (C=O) groups is 1. The molecule has 1 amide bonds. The monoisotopic (exact) mass is 376 g/mol. The Labute approximate surface area is 160 Å². The van der Waals surface area contributed by atoms with Gasteiger partial charge in [-0.2, -0.15) is 10.4 Å². The van der Waals surface area contributed by atoms with E-state index < -0.39 is 0 Å². The number of amides is 1. The van der Waals surface area contributed by atoms with Crippen LogP contribution < -0.4 is 16.4 Å². The summed E-state index contributed by atoms with van der Waals surface area (Å²) in [5.74, 6) is -0.143. The third-order valence-electron chi connectivity index (χ3n) is 3.51. The fraction of sp³-hybridized carbons (Fsp3) is 0.0526. The summed E-state index contributed by atoms with van der Waals surface area (Å²) in [6.45, 7) is 1.45. The second-order valence-corrected chi connectivity index (χ2v) is 6.57. The molecule has 3 rings (SSSR count). The van der Waals surface area contributed by atoms with E-state index >= 15 is 0 Å². The zero-order valence-electron chi connectivity index (χ0n) is 14.4. The van der Waals surface area contributed by atoms with Gasteiger partial charge >= 0.3 is 0 Å². The van der Waals surface area contributed by atoms with Crippen LogP contribution in [0.25, 0.3) is 0 Å². The van der Waals surface area contributed by atoms with Gasteiger partial charge in [0.1, 0.15) is 21.6 Å². The van der Waals surface area contributed by atoms with E-state index in [1.807, 2.05) is 30.3 Å². The highest BCUT2D eigenvalue weighted by atomic mass is 32.1. The van der Waals surface area contributed by atoms with Crippen LogP contribution in [0.1, 0.15) is 11.8 Å². The Kier molecular flexibility index (Phi) is 5.44. The first-order chi connectivity index (χ1) is 13.1. The van der Waals surface area contributed by atoms with Crippen molar-refractivity contribution in [2.75, 3.05) is 16.4 Å². The third kappa shape index (κ3) is 4.48. The SMILES string of the molecule is CC(=O)Nc1ccc(N=Nc2c(Nc3ccccc3)sc(C#N)c2N)cc1. The van der Waals surface area contributed by atoms with E-state index in [2.05, 4.69) is 26.9 Å². The first-order valence-electron chi connectivity index (χ1n) is 8.00. The van der Waals surface area contributed by atoms with E-state index in [-0.39, 0.29) is 5.91 Å². The maximum Gasteiger partial charge on any atom is 0.221 e. The Morgan fingerprint density at radius 3 is 2.41 bits per heavy atom. The summed E-state index contributed by atoms with van der Waals surface area (Å²) in [7, 11) is 0. The van der Waals surface area contributed by atoms with Crippen LogP contribution in [-0.4, -0.2) is 5.91 Å². The predicted molar refractivity (Wildman–Crippen MR) is 108 cm³/mol. The Hall–Kier alpha value is -3.70. The molecule has 2 aromatic carbocycles. The number of nitrogen functional groups attached to an aromatic ring is 1. The number of thiophene rings is 1. The van der Waals surface area contributed by atoms with Gasteiger partial charge in [-0.25, -0.2) is 0 Å². The van der Waals surface area contributed by atoms with Crippen molar-refractivity contribution in [2.45, 2.75) is 6.92 Å². The van der Waals surface area contributed by atoms with Crippen LogP contribution in [0.2, 0.25) is 0 Å². The number of nitrogens with one attached hydrogen (secondary N) is 2. The highest BCUT2D eigenvalue weighted by Crippen LogP contribution is 2.44. The van der Waals surface area contributed by atoms with Crippen molar-refractivity contribution in [3.63, 3.8) is 0 Å². The van der Waals surface area contributed by atoms with Gasteiger partial charge in [-0.15, -0.1) is 16.5 Å². The van der Waals surface area contributed by atoms with Crippen molar-refractivity contribution in [1.82, 2.24) is 0 Å². The van der Waals surface area contributed by atoms with Crippen molar-refractivity contribution in [3.8, 4) is 6.07 Å². The summed E-state index contributed by atoms with van der Waals surface area (Å²) in [6.07, 6.45) is 0. The number of hydrogen-bond acceptors (Lipinski definition) is 7. The Morgan fingerprint density at radius 1 is 1.07 bits per heavy atom. The largest absolute Gasteiger partial charge is 0.395 e. The van der Waals surface area contributed by atoms with Gasteiger partial charge in [0.15, 0.2) is 0 Å². The lowest BCUT2D eigenvalue weighted by molar-refractivity contribution is -0.114. The minimum Gasteiger partial charge on any atom is -0.395 e. The first-order valence-corrected chi connectivity index (χ1v) is 8.82. The summed E-state index contributed by atoms with van der Waals surface area (Å²) in [5.41, 5.74) is 8.90. The van der Waals surface area contributed by atoms with E-state index in [1.54, 1.807) is 24.3 Å². The number of nitrogens with zero attached hydrogens (tertiary/aromatic N) is 3. The molecule has 0 spiro atoms. The van der Waals surface area contributed by atoms with Gasteiger partial charge in [0.25, 0.3) is 0 Å². The summed E-state index contributed by atoms with van der Waals surface area (Å²) in [5, 5.41) is 24.2. The number of azo groups is 1. The second-order valence-electron chi connectivity index (χ2n) is 5.55. The van der Waals surface area contributed by atoms with Crippen LogP contribution in [0, 0.1) is 11.3 Å². The molecule has 0 fully saturated rings. The molecule has 4 N–H and O–H groups in total. The highest BCUT2D eigenvalue weighted by Gasteiger charge is 2.16. The normalized spacial score (nSPS) is 10.5. The first kappa shape index (κ1) is 18.1. The van der Waals surface area contributed by atoms with E-state index in [1.165, 1.54) is 18.3 Å². The van der Waals surface area contributed by atoms with Crippen LogP contribution in [-0.2, 0) is 4.79 Å². The molecule has 0 radical (unpaired) electrons. The number of benzene rings is 2. The Bertz CT molecular complexity index is 1020. The minimum absolute atomic E-state index is 0.143. The number of rotatable bonds is 5. The van der Waals surface area contributed by atoms with E-state index in [4.69, 9.17) is 5.73 Å². The van der Waals surface area contributed by atoms with Crippen molar-refractivity contribution in [1.29, 1.82) is 5.26 Å². The number of hydrogen-bond donors (Lipinski definition) is 3. The van der Waals surface area contributed by atoms with E-state index in [0.29, 0.717) is 32.6 Å².